The van der Waals surface area contributed by atoms with Crippen LogP contribution in [0.25, 0.3) is 0 Å². The molecule has 1 aliphatic rings. The first-order valence-electron chi connectivity index (χ1n) is 2.96. The van der Waals surface area contributed by atoms with Crippen LogP contribution in [0, 0.1) is 5.41 Å². The van der Waals surface area contributed by atoms with Crippen molar-refractivity contribution in [3.63, 3.8) is 0 Å². The number of halogens is 4. The van der Waals surface area contributed by atoms with E-state index in [1.165, 1.54) is 13.8 Å². The summed E-state index contributed by atoms with van der Waals surface area (Å²) < 4.78 is 37.4. The van der Waals surface area contributed by atoms with Gasteiger partial charge in [0.2, 0.25) is 0 Å². The van der Waals surface area contributed by atoms with Gasteiger partial charge in [0.05, 0.1) is 0 Å². The molecule has 0 aromatic heterocycles. The van der Waals surface area contributed by atoms with E-state index >= 15 is 0 Å². The van der Waals surface area contributed by atoms with Gasteiger partial charge in [0.25, 0.3) is 11.1 Å². The SMILES string of the molecule is CC1(C)CC(F)(F)C1(F)Cl. The van der Waals surface area contributed by atoms with Crippen LogP contribution in [0.4, 0.5) is 13.2 Å². The maximum atomic E-state index is 12.8. The molecule has 1 atom stereocenters. The van der Waals surface area contributed by atoms with Crippen LogP contribution < -0.4 is 0 Å². The second-order valence-electron chi connectivity index (χ2n) is 3.34. The minimum Gasteiger partial charge on any atom is -0.219 e. The van der Waals surface area contributed by atoms with E-state index in [2.05, 4.69) is 0 Å². The molecule has 0 heterocycles. The Hall–Kier alpha value is 0.0800. The Bertz CT molecular complexity index is 146. The van der Waals surface area contributed by atoms with Crippen molar-refractivity contribution >= 4 is 11.6 Å². The highest BCUT2D eigenvalue weighted by atomic mass is 35.5. The predicted octanol–water partition coefficient (Wildman–Crippen LogP) is 2.96. The molecule has 0 aromatic carbocycles. The third kappa shape index (κ3) is 0.698. The van der Waals surface area contributed by atoms with E-state index < -0.39 is 22.9 Å². The van der Waals surface area contributed by atoms with Gasteiger partial charge in [-0.15, -0.1) is 0 Å². The Kier molecular flexibility index (Phi) is 1.33. The van der Waals surface area contributed by atoms with E-state index in [-0.39, 0.29) is 0 Å². The first kappa shape index (κ1) is 8.18. The Morgan fingerprint density at radius 3 is 1.60 bits per heavy atom. The molecule has 60 valence electrons. The molecule has 1 saturated carbocycles. The molecule has 0 N–H and O–H groups in total. The minimum atomic E-state index is -3.35. The van der Waals surface area contributed by atoms with Gasteiger partial charge < -0.3 is 0 Å². The summed E-state index contributed by atoms with van der Waals surface area (Å²) in [7, 11) is 0. The van der Waals surface area contributed by atoms with Crippen molar-refractivity contribution in [2.24, 2.45) is 5.41 Å². The minimum absolute atomic E-state index is 0.472. The molecule has 0 spiro atoms. The molecule has 10 heavy (non-hydrogen) atoms. The summed E-state index contributed by atoms with van der Waals surface area (Å²) in [5, 5.41) is -2.85. The average Bonchev–Trinajstić information content (AvgIpc) is 1.61. The molecule has 1 rings (SSSR count). The second-order valence-corrected chi connectivity index (χ2v) is 3.86. The van der Waals surface area contributed by atoms with Crippen molar-refractivity contribution in [3.8, 4) is 0 Å². The summed E-state index contributed by atoms with van der Waals surface area (Å²) in [5.74, 6) is -3.35. The quantitative estimate of drug-likeness (QED) is 0.493. The van der Waals surface area contributed by atoms with Gasteiger partial charge in [-0.2, -0.15) is 0 Å². The van der Waals surface area contributed by atoms with Gasteiger partial charge in [-0.3, -0.25) is 0 Å². The van der Waals surface area contributed by atoms with Crippen molar-refractivity contribution in [3.05, 3.63) is 0 Å². The van der Waals surface area contributed by atoms with Crippen LogP contribution in [0.1, 0.15) is 20.3 Å². The van der Waals surface area contributed by atoms with Crippen LogP contribution in [-0.4, -0.2) is 11.1 Å². The number of hydrogen-bond acceptors (Lipinski definition) is 0. The maximum absolute atomic E-state index is 12.8. The smallest absolute Gasteiger partial charge is 0.219 e. The molecule has 0 amide bonds. The first-order valence-corrected chi connectivity index (χ1v) is 3.34. The zero-order chi connectivity index (χ0) is 8.21. The van der Waals surface area contributed by atoms with E-state index in [0.29, 0.717) is 0 Å². The lowest BCUT2D eigenvalue weighted by molar-refractivity contribution is -0.243. The topological polar surface area (TPSA) is 0 Å². The van der Waals surface area contributed by atoms with Crippen LogP contribution in [0.15, 0.2) is 0 Å². The van der Waals surface area contributed by atoms with Crippen LogP contribution in [0.3, 0.4) is 0 Å². The van der Waals surface area contributed by atoms with Crippen LogP contribution in [-0.2, 0) is 0 Å². The van der Waals surface area contributed by atoms with Crippen LogP contribution in [0.5, 0.6) is 0 Å². The molecule has 0 saturated heterocycles. The van der Waals surface area contributed by atoms with Crippen molar-refractivity contribution in [2.75, 3.05) is 0 Å². The third-order valence-corrected chi connectivity index (χ3v) is 2.76. The highest BCUT2D eigenvalue weighted by molar-refractivity contribution is 6.24. The van der Waals surface area contributed by atoms with Crippen molar-refractivity contribution in [1.82, 2.24) is 0 Å². The molecule has 1 aliphatic carbocycles. The van der Waals surface area contributed by atoms with Crippen molar-refractivity contribution in [1.29, 1.82) is 0 Å². The first-order chi connectivity index (χ1) is 4.21. The van der Waals surface area contributed by atoms with Gasteiger partial charge >= 0.3 is 0 Å². The Balaban J connectivity index is 2.85. The zero-order valence-corrected chi connectivity index (χ0v) is 6.47. The molecule has 0 aliphatic heterocycles. The van der Waals surface area contributed by atoms with E-state index in [4.69, 9.17) is 11.6 Å². The fraction of sp³-hybridized carbons (Fsp3) is 1.00. The van der Waals surface area contributed by atoms with Crippen molar-refractivity contribution in [2.45, 2.75) is 31.3 Å². The molecule has 1 fully saturated rings. The summed E-state index contributed by atoms with van der Waals surface area (Å²) in [6.45, 7) is 2.77. The number of alkyl halides is 4. The molecule has 1 unspecified atom stereocenters. The van der Waals surface area contributed by atoms with Gasteiger partial charge in [0, 0.05) is 11.8 Å². The lowest BCUT2D eigenvalue weighted by Gasteiger charge is -2.51. The number of hydrogen-bond donors (Lipinski definition) is 0. The third-order valence-electron chi connectivity index (χ3n) is 1.97. The van der Waals surface area contributed by atoms with Gasteiger partial charge in [0.1, 0.15) is 0 Å². The van der Waals surface area contributed by atoms with Gasteiger partial charge in [-0.05, 0) is 0 Å². The van der Waals surface area contributed by atoms with E-state index in [9.17, 15) is 13.2 Å². The normalized spacial score (nSPS) is 42.6. The largest absolute Gasteiger partial charge is 0.296 e. The summed E-state index contributed by atoms with van der Waals surface area (Å²) in [6, 6.07) is 0. The van der Waals surface area contributed by atoms with Crippen LogP contribution >= 0.6 is 11.6 Å². The Morgan fingerprint density at radius 1 is 1.20 bits per heavy atom. The summed E-state index contributed by atoms with van der Waals surface area (Å²) >= 11 is 4.97. The van der Waals surface area contributed by atoms with Gasteiger partial charge in [-0.25, -0.2) is 13.2 Å². The van der Waals surface area contributed by atoms with Crippen molar-refractivity contribution < 1.29 is 13.2 Å². The van der Waals surface area contributed by atoms with E-state index in [1.54, 1.807) is 0 Å². The van der Waals surface area contributed by atoms with Crippen LogP contribution in [0.2, 0.25) is 0 Å². The molecule has 0 aromatic rings. The summed E-state index contributed by atoms with van der Waals surface area (Å²) in [4.78, 5) is 0. The number of rotatable bonds is 0. The lowest BCUT2D eigenvalue weighted by Crippen LogP contribution is -2.63. The average molecular weight is 173 g/mol. The Morgan fingerprint density at radius 2 is 1.60 bits per heavy atom. The van der Waals surface area contributed by atoms with E-state index in [0.717, 1.165) is 0 Å². The monoisotopic (exact) mass is 172 g/mol. The fourth-order valence-corrected chi connectivity index (χ4v) is 1.30. The molecule has 4 heteroatoms. The standard InChI is InChI=1S/C6H8ClF3/c1-4(2)3-5(8,9)6(4,7)10/h3H2,1-2H3. The lowest BCUT2D eigenvalue weighted by atomic mass is 9.66. The fourth-order valence-electron chi connectivity index (χ4n) is 1.17. The predicted molar refractivity (Wildman–Crippen MR) is 33.0 cm³/mol. The Labute approximate surface area is 62.4 Å². The molecule has 0 bridgehead atoms. The summed E-state index contributed by atoms with van der Waals surface area (Å²) in [6.07, 6.45) is -0.472. The van der Waals surface area contributed by atoms with Gasteiger partial charge in [-0.1, -0.05) is 25.4 Å². The molecular weight excluding hydrogens is 165 g/mol. The zero-order valence-electron chi connectivity index (χ0n) is 5.72. The molecule has 0 nitrogen and oxygen atoms in total. The van der Waals surface area contributed by atoms with E-state index in [1.807, 2.05) is 0 Å². The summed E-state index contributed by atoms with van der Waals surface area (Å²) in [5.41, 5.74) is -1.10. The van der Waals surface area contributed by atoms with Gasteiger partial charge in [0.15, 0.2) is 0 Å². The highest BCUT2D eigenvalue weighted by Crippen LogP contribution is 2.63. The maximum Gasteiger partial charge on any atom is 0.296 e. The highest BCUT2D eigenvalue weighted by Gasteiger charge is 2.73. The second kappa shape index (κ2) is 1.63. The molecular formula is C6H8ClF3. The molecule has 0 radical (unpaired) electrons.